The van der Waals surface area contributed by atoms with E-state index in [9.17, 15) is 13.9 Å². The van der Waals surface area contributed by atoms with Gasteiger partial charge in [-0.05, 0) is 45.2 Å². The Kier molecular flexibility index (Phi) is 5.07. The maximum atomic E-state index is 13.7. The molecule has 1 saturated heterocycles. The molecule has 112 valence electrons. The molecule has 1 aromatic rings. The van der Waals surface area contributed by atoms with E-state index in [-0.39, 0.29) is 12.5 Å². The summed E-state index contributed by atoms with van der Waals surface area (Å²) in [7, 11) is 4.01. The smallest absolute Gasteiger partial charge is 0.129 e. The second-order valence-corrected chi connectivity index (χ2v) is 5.67. The van der Waals surface area contributed by atoms with Gasteiger partial charge in [0.1, 0.15) is 11.6 Å². The Bertz CT molecular complexity index is 455. The lowest BCUT2D eigenvalue weighted by molar-refractivity contribution is 0.0575. The minimum Gasteiger partial charge on any atom is -0.391 e. The van der Waals surface area contributed by atoms with Crippen molar-refractivity contribution in [3.8, 4) is 0 Å². The summed E-state index contributed by atoms with van der Waals surface area (Å²) in [5.74, 6) is -1.18. The summed E-state index contributed by atoms with van der Waals surface area (Å²) in [4.78, 5) is 4.30. The largest absolute Gasteiger partial charge is 0.391 e. The van der Waals surface area contributed by atoms with Crippen molar-refractivity contribution in [1.82, 2.24) is 9.80 Å². The highest BCUT2D eigenvalue weighted by atomic mass is 19.1. The van der Waals surface area contributed by atoms with Gasteiger partial charge in [-0.25, -0.2) is 8.78 Å². The van der Waals surface area contributed by atoms with Gasteiger partial charge >= 0.3 is 0 Å². The van der Waals surface area contributed by atoms with Gasteiger partial charge in [0, 0.05) is 25.1 Å². The highest BCUT2D eigenvalue weighted by molar-refractivity contribution is 5.19. The minimum absolute atomic E-state index is 0.0352. The highest BCUT2D eigenvalue weighted by Gasteiger charge is 2.27. The molecule has 0 aliphatic carbocycles. The van der Waals surface area contributed by atoms with Crippen LogP contribution in [0.5, 0.6) is 0 Å². The normalized spacial score (nSPS) is 23.6. The molecule has 0 saturated carbocycles. The van der Waals surface area contributed by atoms with Crippen molar-refractivity contribution >= 4 is 0 Å². The molecule has 1 fully saturated rings. The fraction of sp³-hybridized carbons (Fsp3) is 0.600. The van der Waals surface area contributed by atoms with E-state index in [4.69, 9.17) is 0 Å². The molecule has 1 aliphatic rings. The Morgan fingerprint density at radius 2 is 2.05 bits per heavy atom. The van der Waals surface area contributed by atoms with Crippen LogP contribution in [0.4, 0.5) is 8.78 Å². The molecule has 1 aliphatic heterocycles. The van der Waals surface area contributed by atoms with Crippen LogP contribution in [-0.4, -0.2) is 60.8 Å². The van der Waals surface area contributed by atoms with Crippen LogP contribution in [-0.2, 0) is 6.42 Å². The first-order valence-corrected chi connectivity index (χ1v) is 6.98. The lowest BCUT2D eigenvalue weighted by Gasteiger charge is -2.31. The number of aliphatic hydroxyl groups is 1. The first kappa shape index (κ1) is 15.4. The predicted molar refractivity (Wildman–Crippen MR) is 74.6 cm³/mol. The van der Waals surface area contributed by atoms with E-state index in [1.54, 1.807) is 0 Å². The van der Waals surface area contributed by atoms with Gasteiger partial charge in [-0.15, -0.1) is 0 Å². The summed E-state index contributed by atoms with van der Waals surface area (Å²) in [6.45, 7) is 2.66. The van der Waals surface area contributed by atoms with E-state index in [0.29, 0.717) is 5.56 Å². The van der Waals surface area contributed by atoms with Crippen molar-refractivity contribution in [2.45, 2.75) is 25.0 Å². The van der Waals surface area contributed by atoms with Gasteiger partial charge in [-0.2, -0.15) is 0 Å². The molecule has 3 nitrogen and oxygen atoms in total. The van der Waals surface area contributed by atoms with Crippen LogP contribution in [0.2, 0.25) is 0 Å². The van der Waals surface area contributed by atoms with Gasteiger partial charge in [0.2, 0.25) is 0 Å². The van der Waals surface area contributed by atoms with E-state index in [2.05, 4.69) is 9.80 Å². The maximum absolute atomic E-state index is 13.7. The highest BCUT2D eigenvalue weighted by Crippen LogP contribution is 2.17. The molecule has 1 N–H and O–H groups in total. The predicted octanol–water partition coefficient (Wildman–Crippen LogP) is 1.50. The van der Waals surface area contributed by atoms with Crippen LogP contribution >= 0.6 is 0 Å². The summed E-state index contributed by atoms with van der Waals surface area (Å²) >= 11 is 0. The topological polar surface area (TPSA) is 26.7 Å². The van der Waals surface area contributed by atoms with Crippen LogP contribution in [0.3, 0.4) is 0 Å². The van der Waals surface area contributed by atoms with Crippen molar-refractivity contribution in [2.24, 2.45) is 0 Å². The molecule has 5 heteroatoms. The van der Waals surface area contributed by atoms with Gasteiger partial charge in [-0.1, -0.05) is 6.07 Å². The van der Waals surface area contributed by atoms with Crippen LogP contribution in [0.1, 0.15) is 12.0 Å². The van der Waals surface area contributed by atoms with Gasteiger partial charge < -0.3 is 10.0 Å². The molecule has 1 aromatic carbocycles. The van der Waals surface area contributed by atoms with Crippen molar-refractivity contribution in [1.29, 1.82) is 0 Å². The third-order valence-electron chi connectivity index (χ3n) is 4.00. The lowest BCUT2D eigenvalue weighted by Crippen LogP contribution is -2.47. The number of halogens is 2. The van der Waals surface area contributed by atoms with Gasteiger partial charge in [0.05, 0.1) is 6.10 Å². The van der Waals surface area contributed by atoms with Gasteiger partial charge in [-0.3, -0.25) is 4.90 Å². The SMILES string of the molecule is CN1CCCN(C)C(C(O)Cc2ccc(F)cc2F)C1. The van der Waals surface area contributed by atoms with E-state index >= 15 is 0 Å². The molecule has 0 spiro atoms. The Balaban J connectivity index is 2.07. The Morgan fingerprint density at radius 3 is 2.75 bits per heavy atom. The number of nitrogens with zero attached hydrogens (tertiary/aromatic N) is 2. The zero-order chi connectivity index (χ0) is 14.7. The van der Waals surface area contributed by atoms with Crippen molar-refractivity contribution in [3.63, 3.8) is 0 Å². The number of hydrogen-bond donors (Lipinski definition) is 1. The summed E-state index contributed by atoms with van der Waals surface area (Å²) in [5.41, 5.74) is 0.360. The molecule has 2 rings (SSSR count). The van der Waals surface area contributed by atoms with Crippen LogP contribution in [0.15, 0.2) is 18.2 Å². The molecular formula is C15H22F2N2O. The van der Waals surface area contributed by atoms with Gasteiger partial charge in [0.15, 0.2) is 0 Å². The standard InChI is InChI=1S/C15H22F2N2O/c1-18-6-3-7-19(2)14(10-18)15(20)8-11-4-5-12(16)9-13(11)17/h4-5,9,14-15,20H,3,6-8,10H2,1-2H3. The Morgan fingerprint density at radius 1 is 1.30 bits per heavy atom. The second-order valence-electron chi connectivity index (χ2n) is 5.67. The van der Waals surface area contributed by atoms with E-state index < -0.39 is 17.7 Å². The summed E-state index contributed by atoms with van der Waals surface area (Å²) < 4.78 is 26.5. The number of aliphatic hydroxyl groups excluding tert-OH is 1. The fourth-order valence-corrected chi connectivity index (χ4v) is 2.77. The number of hydrogen-bond acceptors (Lipinski definition) is 3. The van der Waals surface area contributed by atoms with Crippen molar-refractivity contribution in [2.75, 3.05) is 33.7 Å². The molecule has 2 unspecified atom stereocenters. The monoisotopic (exact) mass is 284 g/mol. The quantitative estimate of drug-likeness (QED) is 0.911. The second kappa shape index (κ2) is 6.61. The molecule has 1 heterocycles. The van der Waals surface area contributed by atoms with E-state index in [1.807, 2.05) is 14.1 Å². The third kappa shape index (κ3) is 3.75. The zero-order valence-corrected chi connectivity index (χ0v) is 12.0. The zero-order valence-electron chi connectivity index (χ0n) is 12.0. The van der Waals surface area contributed by atoms with Crippen LogP contribution in [0.25, 0.3) is 0 Å². The van der Waals surface area contributed by atoms with Crippen molar-refractivity contribution in [3.05, 3.63) is 35.4 Å². The Labute approximate surface area is 118 Å². The summed E-state index contributed by atoms with van der Waals surface area (Å²) in [6.07, 6.45) is 0.594. The molecule has 20 heavy (non-hydrogen) atoms. The summed E-state index contributed by atoms with van der Waals surface area (Å²) in [6, 6.07) is 3.47. The Hall–Kier alpha value is -1.04. The van der Waals surface area contributed by atoms with Crippen LogP contribution in [0, 0.1) is 11.6 Å². The van der Waals surface area contributed by atoms with E-state index in [1.165, 1.54) is 12.1 Å². The average molecular weight is 284 g/mol. The van der Waals surface area contributed by atoms with Crippen LogP contribution < -0.4 is 0 Å². The minimum atomic E-state index is -0.666. The van der Waals surface area contributed by atoms with E-state index in [0.717, 1.165) is 32.1 Å². The first-order valence-electron chi connectivity index (χ1n) is 6.98. The number of benzene rings is 1. The first-order chi connectivity index (χ1) is 9.47. The fourth-order valence-electron chi connectivity index (χ4n) is 2.77. The number of likely N-dealkylation sites (N-methyl/N-ethyl adjacent to an activating group) is 2. The maximum Gasteiger partial charge on any atom is 0.129 e. The molecule has 2 atom stereocenters. The molecular weight excluding hydrogens is 262 g/mol. The summed E-state index contributed by atoms with van der Waals surface area (Å²) in [5, 5.41) is 10.4. The van der Waals surface area contributed by atoms with Gasteiger partial charge in [0.25, 0.3) is 0 Å². The molecule has 0 amide bonds. The average Bonchev–Trinajstić information content (AvgIpc) is 2.54. The lowest BCUT2D eigenvalue weighted by atomic mass is 10.0. The number of rotatable bonds is 3. The molecule has 0 bridgehead atoms. The molecule has 0 aromatic heterocycles. The van der Waals surface area contributed by atoms with Crippen molar-refractivity contribution < 1.29 is 13.9 Å². The third-order valence-corrected chi connectivity index (χ3v) is 4.00. The molecule has 0 radical (unpaired) electrons.